The van der Waals surface area contributed by atoms with Crippen LogP contribution in [0.15, 0.2) is 48.5 Å². The molecule has 2 N–H and O–H groups in total. The molecule has 0 aromatic heterocycles. The molecule has 0 spiro atoms. The summed E-state index contributed by atoms with van der Waals surface area (Å²) in [5, 5.41) is 5.77. The van der Waals surface area contributed by atoms with Gasteiger partial charge in [0.25, 0.3) is 5.91 Å². The molecule has 2 amide bonds. The average Bonchev–Trinajstić information content (AvgIpc) is 2.65. The molecule has 138 valence electrons. The summed E-state index contributed by atoms with van der Waals surface area (Å²) in [4.78, 5) is 24.0. The standard InChI is InChI=1S/C21H26N2O3/c1-15(2)14-22-20(24)13-6-16-4-9-18(10-5-16)23-21(25)17-7-11-19(26-3)12-8-17/h4-5,7-12,15H,6,13-14H2,1-3H3,(H,22,24)(H,23,25). The molecule has 0 fully saturated rings. The minimum Gasteiger partial charge on any atom is -0.497 e. The quantitative estimate of drug-likeness (QED) is 0.760. The third kappa shape index (κ3) is 6.24. The van der Waals surface area contributed by atoms with Crippen molar-refractivity contribution < 1.29 is 14.3 Å². The maximum Gasteiger partial charge on any atom is 0.255 e. The van der Waals surface area contributed by atoms with E-state index in [1.165, 1.54) is 0 Å². The normalized spacial score (nSPS) is 10.5. The fourth-order valence-electron chi connectivity index (χ4n) is 2.36. The molecule has 5 heteroatoms. The molecule has 2 aromatic carbocycles. The first-order valence-corrected chi connectivity index (χ1v) is 8.79. The highest BCUT2D eigenvalue weighted by Gasteiger charge is 2.07. The third-order valence-corrected chi connectivity index (χ3v) is 3.91. The van der Waals surface area contributed by atoms with Gasteiger partial charge in [-0.05, 0) is 54.3 Å². The van der Waals surface area contributed by atoms with Gasteiger partial charge in [-0.25, -0.2) is 0 Å². The van der Waals surface area contributed by atoms with Gasteiger partial charge in [-0.1, -0.05) is 26.0 Å². The molecule has 0 atom stereocenters. The second-order valence-electron chi connectivity index (χ2n) is 6.58. The van der Waals surface area contributed by atoms with E-state index in [9.17, 15) is 9.59 Å². The van der Waals surface area contributed by atoms with Crippen LogP contribution in [0.4, 0.5) is 5.69 Å². The van der Waals surface area contributed by atoms with E-state index >= 15 is 0 Å². The zero-order valence-corrected chi connectivity index (χ0v) is 15.5. The predicted octanol–water partition coefficient (Wildman–Crippen LogP) is 3.65. The van der Waals surface area contributed by atoms with Crippen LogP contribution in [0.2, 0.25) is 0 Å². The van der Waals surface area contributed by atoms with Crippen LogP contribution in [-0.2, 0) is 11.2 Å². The minimum absolute atomic E-state index is 0.0654. The Labute approximate surface area is 154 Å². The highest BCUT2D eigenvalue weighted by Crippen LogP contribution is 2.15. The van der Waals surface area contributed by atoms with E-state index in [0.717, 1.165) is 11.3 Å². The predicted molar refractivity (Wildman–Crippen MR) is 104 cm³/mol. The van der Waals surface area contributed by atoms with Gasteiger partial charge in [0.1, 0.15) is 5.75 Å². The molecular weight excluding hydrogens is 328 g/mol. The van der Waals surface area contributed by atoms with Gasteiger partial charge in [0, 0.05) is 24.2 Å². The van der Waals surface area contributed by atoms with Crippen LogP contribution in [0.1, 0.15) is 36.2 Å². The zero-order valence-electron chi connectivity index (χ0n) is 15.5. The second kappa shape index (κ2) is 9.61. The Kier molecular flexibility index (Phi) is 7.21. The highest BCUT2D eigenvalue weighted by molar-refractivity contribution is 6.04. The molecule has 2 aromatic rings. The smallest absolute Gasteiger partial charge is 0.255 e. The van der Waals surface area contributed by atoms with E-state index < -0.39 is 0 Å². The van der Waals surface area contributed by atoms with Crippen LogP contribution in [0.25, 0.3) is 0 Å². The number of anilines is 1. The van der Waals surface area contributed by atoms with Crippen molar-refractivity contribution in [2.45, 2.75) is 26.7 Å². The van der Waals surface area contributed by atoms with Crippen molar-refractivity contribution in [3.63, 3.8) is 0 Å². The summed E-state index contributed by atoms with van der Waals surface area (Å²) in [5.41, 5.74) is 2.35. The summed E-state index contributed by atoms with van der Waals surface area (Å²) in [6.45, 7) is 4.84. The largest absolute Gasteiger partial charge is 0.497 e. The van der Waals surface area contributed by atoms with Crippen LogP contribution < -0.4 is 15.4 Å². The first kappa shape index (κ1) is 19.5. The van der Waals surface area contributed by atoms with Gasteiger partial charge in [0.2, 0.25) is 5.91 Å². The van der Waals surface area contributed by atoms with Crippen molar-refractivity contribution in [2.24, 2.45) is 5.92 Å². The van der Waals surface area contributed by atoms with Crippen LogP contribution in [0.3, 0.4) is 0 Å². The molecule has 26 heavy (non-hydrogen) atoms. The van der Waals surface area contributed by atoms with Gasteiger partial charge in [-0.3, -0.25) is 9.59 Å². The third-order valence-electron chi connectivity index (χ3n) is 3.91. The zero-order chi connectivity index (χ0) is 18.9. The monoisotopic (exact) mass is 354 g/mol. The summed E-state index contributed by atoms with van der Waals surface area (Å²) in [6.07, 6.45) is 1.14. The lowest BCUT2D eigenvalue weighted by Gasteiger charge is -2.09. The molecule has 0 aliphatic carbocycles. The van der Waals surface area contributed by atoms with Gasteiger partial charge < -0.3 is 15.4 Å². The lowest BCUT2D eigenvalue weighted by molar-refractivity contribution is -0.121. The molecule has 2 rings (SSSR count). The average molecular weight is 354 g/mol. The van der Waals surface area contributed by atoms with Crippen molar-refractivity contribution >= 4 is 17.5 Å². The Morgan fingerprint density at radius 3 is 2.23 bits per heavy atom. The number of carbonyl (C=O) groups is 2. The van der Waals surface area contributed by atoms with Crippen LogP contribution in [0, 0.1) is 5.92 Å². The second-order valence-corrected chi connectivity index (χ2v) is 6.58. The number of amides is 2. The Hall–Kier alpha value is -2.82. The van der Waals surface area contributed by atoms with Gasteiger partial charge in [0.05, 0.1) is 7.11 Å². The molecule has 0 saturated carbocycles. The van der Waals surface area contributed by atoms with Crippen LogP contribution >= 0.6 is 0 Å². The number of hydrogen-bond acceptors (Lipinski definition) is 3. The van der Waals surface area contributed by atoms with E-state index in [4.69, 9.17) is 4.74 Å². The number of aryl methyl sites for hydroxylation is 1. The Morgan fingerprint density at radius 1 is 1.00 bits per heavy atom. The maximum atomic E-state index is 12.2. The number of nitrogens with one attached hydrogen (secondary N) is 2. The molecule has 0 heterocycles. The van der Waals surface area contributed by atoms with Gasteiger partial charge in [-0.2, -0.15) is 0 Å². The van der Waals surface area contributed by atoms with Crippen molar-refractivity contribution in [1.29, 1.82) is 0 Å². The summed E-state index contributed by atoms with van der Waals surface area (Å²) < 4.78 is 5.09. The lowest BCUT2D eigenvalue weighted by Crippen LogP contribution is -2.27. The van der Waals surface area contributed by atoms with Crippen molar-refractivity contribution in [2.75, 3.05) is 19.0 Å². The van der Waals surface area contributed by atoms with Gasteiger partial charge in [-0.15, -0.1) is 0 Å². The fraction of sp³-hybridized carbons (Fsp3) is 0.333. The molecular formula is C21H26N2O3. The summed E-state index contributed by atoms with van der Waals surface area (Å²) in [5.74, 6) is 1.06. The number of rotatable bonds is 8. The number of carbonyl (C=O) groups excluding carboxylic acids is 2. The fourth-order valence-corrected chi connectivity index (χ4v) is 2.36. The summed E-state index contributed by atoms with van der Waals surface area (Å²) in [6, 6.07) is 14.5. The van der Waals surface area contributed by atoms with Crippen molar-refractivity contribution in [1.82, 2.24) is 5.32 Å². The minimum atomic E-state index is -0.173. The Bertz CT molecular complexity index is 722. The molecule has 0 aliphatic heterocycles. The first-order valence-electron chi connectivity index (χ1n) is 8.79. The van der Waals surface area contributed by atoms with Crippen molar-refractivity contribution in [3.05, 3.63) is 59.7 Å². The molecule has 0 saturated heterocycles. The van der Waals surface area contributed by atoms with E-state index in [1.807, 2.05) is 24.3 Å². The summed E-state index contributed by atoms with van der Waals surface area (Å²) >= 11 is 0. The first-order chi connectivity index (χ1) is 12.5. The summed E-state index contributed by atoms with van der Waals surface area (Å²) in [7, 11) is 1.59. The van der Waals surface area contributed by atoms with Gasteiger partial charge >= 0.3 is 0 Å². The van der Waals surface area contributed by atoms with E-state index in [2.05, 4.69) is 24.5 Å². The van der Waals surface area contributed by atoms with E-state index in [0.29, 0.717) is 36.6 Å². The Balaban J connectivity index is 1.84. The molecule has 0 bridgehead atoms. The molecule has 5 nitrogen and oxygen atoms in total. The highest BCUT2D eigenvalue weighted by atomic mass is 16.5. The van der Waals surface area contributed by atoms with E-state index in [-0.39, 0.29) is 11.8 Å². The van der Waals surface area contributed by atoms with Crippen molar-refractivity contribution in [3.8, 4) is 5.75 Å². The van der Waals surface area contributed by atoms with Gasteiger partial charge in [0.15, 0.2) is 0 Å². The van der Waals surface area contributed by atoms with Crippen LogP contribution in [-0.4, -0.2) is 25.5 Å². The topological polar surface area (TPSA) is 67.4 Å². The Morgan fingerprint density at radius 2 is 1.65 bits per heavy atom. The number of ether oxygens (including phenoxy) is 1. The molecule has 0 aliphatic rings. The number of methoxy groups -OCH3 is 1. The van der Waals surface area contributed by atoms with E-state index in [1.54, 1.807) is 31.4 Å². The van der Waals surface area contributed by atoms with Crippen LogP contribution in [0.5, 0.6) is 5.75 Å². The SMILES string of the molecule is COc1ccc(C(=O)Nc2ccc(CCC(=O)NCC(C)C)cc2)cc1. The lowest BCUT2D eigenvalue weighted by atomic mass is 10.1. The molecule has 0 radical (unpaired) electrons. The number of benzene rings is 2. The molecule has 0 unspecified atom stereocenters. The number of hydrogen-bond donors (Lipinski definition) is 2. The maximum absolute atomic E-state index is 12.2.